The van der Waals surface area contributed by atoms with E-state index in [9.17, 15) is 17.6 Å². The highest BCUT2D eigenvalue weighted by Gasteiger charge is 2.22. The molecule has 0 aliphatic rings. The minimum Gasteiger partial charge on any atom is -0.504 e. The van der Waals surface area contributed by atoms with Gasteiger partial charge in [-0.25, -0.2) is 18.2 Å². The predicted molar refractivity (Wildman–Crippen MR) is 30.8 cm³/mol. The monoisotopic (exact) mass is 181 g/mol. The highest BCUT2D eigenvalue weighted by molar-refractivity contribution is 5.26. The zero-order chi connectivity index (χ0) is 9.30. The molecule has 0 fully saturated rings. The van der Waals surface area contributed by atoms with Crippen LogP contribution in [0.2, 0.25) is 0 Å². The summed E-state index contributed by atoms with van der Waals surface area (Å²) in [5.41, 5.74) is -1.50. The first-order valence-corrected chi connectivity index (χ1v) is 2.85. The highest BCUT2D eigenvalue weighted by Crippen LogP contribution is 2.28. The van der Waals surface area contributed by atoms with Crippen LogP contribution in [0.3, 0.4) is 0 Å². The SMILES string of the molecule is Oc1cnc(F)c(C(F)F)c1F. The first kappa shape index (κ1) is 8.76. The Kier molecular flexibility index (Phi) is 2.16. The molecule has 1 heterocycles. The Morgan fingerprint density at radius 2 is 1.92 bits per heavy atom. The fourth-order valence-corrected chi connectivity index (χ4v) is 0.658. The van der Waals surface area contributed by atoms with E-state index >= 15 is 0 Å². The van der Waals surface area contributed by atoms with Crippen molar-refractivity contribution in [1.82, 2.24) is 4.98 Å². The normalized spacial score (nSPS) is 10.8. The number of alkyl halides is 2. The van der Waals surface area contributed by atoms with Crippen LogP contribution in [0.25, 0.3) is 0 Å². The second kappa shape index (κ2) is 2.96. The maximum atomic E-state index is 12.5. The molecule has 0 aliphatic carbocycles. The zero-order valence-corrected chi connectivity index (χ0v) is 5.56. The van der Waals surface area contributed by atoms with Crippen LogP contribution < -0.4 is 0 Å². The van der Waals surface area contributed by atoms with Crippen molar-refractivity contribution in [3.05, 3.63) is 23.5 Å². The molecule has 12 heavy (non-hydrogen) atoms. The van der Waals surface area contributed by atoms with Crippen LogP contribution in [0.15, 0.2) is 6.20 Å². The minimum absolute atomic E-state index is 0.427. The summed E-state index contributed by atoms with van der Waals surface area (Å²) < 4.78 is 48.5. The van der Waals surface area contributed by atoms with Gasteiger partial charge in [0.25, 0.3) is 6.43 Å². The summed E-state index contributed by atoms with van der Waals surface area (Å²) in [6, 6.07) is 0. The molecule has 0 bridgehead atoms. The van der Waals surface area contributed by atoms with E-state index in [1.807, 2.05) is 0 Å². The smallest absolute Gasteiger partial charge is 0.271 e. The van der Waals surface area contributed by atoms with Crippen molar-refractivity contribution >= 4 is 0 Å². The highest BCUT2D eigenvalue weighted by atomic mass is 19.3. The number of halogens is 4. The molecule has 1 rings (SSSR count). The van der Waals surface area contributed by atoms with E-state index < -0.39 is 29.5 Å². The lowest BCUT2D eigenvalue weighted by molar-refractivity contribution is 0.138. The van der Waals surface area contributed by atoms with Crippen LogP contribution in [0.5, 0.6) is 5.75 Å². The van der Waals surface area contributed by atoms with Crippen molar-refractivity contribution in [3.8, 4) is 5.75 Å². The van der Waals surface area contributed by atoms with Crippen LogP contribution in [-0.2, 0) is 0 Å². The molecule has 1 aromatic rings. The summed E-state index contributed by atoms with van der Waals surface area (Å²) in [5.74, 6) is -4.37. The summed E-state index contributed by atoms with van der Waals surface area (Å²) in [6.07, 6.45) is -2.90. The Balaban J connectivity index is 3.33. The number of nitrogens with zero attached hydrogens (tertiary/aromatic N) is 1. The first-order chi connectivity index (χ1) is 5.54. The molecule has 1 N–H and O–H groups in total. The van der Waals surface area contributed by atoms with Gasteiger partial charge >= 0.3 is 0 Å². The Hall–Kier alpha value is -1.33. The van der Waals surface area contributed by atoms with Gasteiger partial charge in [-0.3, -0.25) is 0 Å². The molecule has 0 saturated heterocycles. The summed E-state index contributed by atoms with van der Waals surface area (Å²) in [6.45, 7) is 0. The van der Waals surface area contributed by atoms with E-state index in [-0.39, 0.29) is 0 Å². The van der Waals surface area contributed by atoms with Crippen molar-refractivity contribution in [2.24, 2.45) is 0 Å². The maximum Gasteiger partial charge on any atom is 0.271 e. The lowest BCUT2D eigenvalue weighted by Gasteiger charge is -2.02. The fraction of sp³-hybridized carbons (Fsp3) is 0.167. The first-order valence-electron chi connectivity index (χ1n) is 2.85. The fourth-order valence-electron chi connectivity index (χ4n) is 0.658. The molecule has 0 amide bonds. The van der Waals surface area contributed by atoms with Crippen LogP contribution in [0.1, 0.15) is 12.0 Å². The molecule has 0 atom stereocenters. The predicted octanol–water partition coefficient (Wildman–Crippen LogP) is 2.00. The van der Waals surface area contributed by atoms with Crippen molar-refractivity contribution in [1.29, 1.82) is 0 Å². The third kappa shape index (κ3) is 1.32. The standard InChI is InChI=1S/C6H3F4NO/c7-4-2(12)1-11-6(10)3(4)5(8)9/h1,5,12H. The molecular formula is C6H3F4NO. The molecular weight excluding hydrogens is 178 g/mol. The average Bonchev–Trinajstić information content (AvgIpc) is 1.97. The van der Waals surface area contributed by atoms with Gasteiger partial charge in [-0.1, -0.05) is 0 Å². The average molecular weight is 181 g/mol. The number of hydrogen-bond donors (Lipinski definition) is 1. The number of aromatic hydroxyl groups is 1. The Morgan fingerprint density at radius 1 is 1.33 bits per heavy atom. The van der Waals surface area contributed by atoms with Crippen LogP contribution in [0, 0.1) is 11.8 Å². The number of hydrogen-bond acceptors (Lipinski definition) is 2. The minimum atomic E-state index is -3.33. The van der Waals surface area contributed by atoms with Crippen molar-refractivity contribution in [3.63, 3.8) is 0 Å². The Bertz CT molecular complexity index is 302. The third-order valence-corrected chi connectivity index (χ3v) is 1.20. The van der Waals surface area contributed by atoms with Gasteiger partial charge in [0.15, 0.2) is 11.6 Å². The molecule has 0 saturated carbocycles. The van der Waals surface area contributed by atoms with Crippen molar-refractivity contribution in [2.45, 2.75) is 6.43 Å². The summed E-state index contributed by atoms with van der Waals surface area (Å²) in [4.78, 5) is 2.72. The number of rotatable bonds is 1. The molecule has 0 spiro atoms. The van der Waals surface area contributed by atoms with Gasteiger partial charge in [-0.05, 0) is 0 Å². The summed E-state index contributed by atoms with van der Waals surface area (Å²) in [7, 11) is 0. The second-order valence-electron chi connectivity index (χ2n) is 1.96. The van der Waals surface area contributed by atoms with E-state index in [1.54, 1.807) is 0 Å². The quantitative estimate of drug-likeness (QED) is 0.531. The van der Waals surface area contributed by atoms with Crippen LogP contribution >= 0.6 is 0 Å². The van der Waals surface area contributed by atoms with Gasteiger partial charge in [0.2, 0.25) is 5.95 Å². The second-order valence-corrected chi connectivity index (χ2v) is 1.96. The maximum absolute atomic E-state index is 12.5. The molecule has 2 nitrogen and oxygen atoms in total. The van der Waals surface area contributed by atoms with Crippen LogP contribution in [0.4, 0.5) is 17.6 Å². The molecule has 6 heteroatoms. The molecule has 0 aliphatic heterocycles. The topological polar surface area (TPSA) is 33.1 Å². The number of aromatic nitrogens is 1. The van der Waals surface area contributed by atoms with Crippen LogP contribution in [-0.4, -0.2) is 10.1 Å². The van der Waals surface area contributed by atoms with E-state index in [0.29, 0.717) is 6.20 Å². The molecule has 0 unspecified atom stereocenters. The Morgan fingerprint density at radius 3 is 2.33 bits per heavy atom. The van der Waals surface area contributed by atoms with E-state index in [0.717, 1.165) is 0 Å². The van der Waals surface area contributed by atoms with E-state index in [2.05, 4.69) is 4.98 Å². The van der Waals surface area contributed by atoms with E-state index in [1.165, 1.54) is 0 Å². The van der Waals surface area contributed by atoms with Gasteiger partial charge in [0.05, 0.1) is 6.20 Å². The van der Waals surface area contributed by atoms with E-state index in [4.69, 9.17) is 5.11 Å². The van der Waals surface area contributed by atoms with Gasteiger partial charge < -0.3 is 5.11 Å². The van der Waals surface area contributed by atoms with Gasteiger partial charge in [0, 0.05) is 0 Å². The molecule has 1 aromatic heterocycles. The summed E-state index contributed by atoms with van der Waals surface area (Å²) >= 11 is 0. The molecule has 0 radical (unpaired) electrons. The third-order valence-electron chi connectivity index (χ3n) is 1.20. The summed E-state index contributed by atoms with van der Waals surface area (Å²) in [5, 5.41) is 8.54. The van der Waals surface area contributed by atoms with Gasteiger partial charge in [0.1, 0.15) is 5.56 Å². The van der Waals surface area contributed by atoms with Crippen molar-refractivity contribution < 1.29 is 22.7 Å². The van der Waals surface area contributed by atoms with Crippen molar-refractivity contribution in [2.75, 3.05) is 0 Å². The lowest BCUT2D eigenvalue weighted by atomic mass is 10.2. The lowest BCUT2D eigenvalue weighted by Crippen LogP contribution is -1.98. The molecule has 0 aromatic carbocycles. The zero-order valence-electron chi connectivity index (χ0n) is 5.56. The Labute approximate surface area is 64.5 Å². The number of pyridine rings is 1. The van der Waals surface area contributed by atoms with Gasteiger partial charge in [-0.15, -0.1) is 0 Å². The van der Waals surface area contributed by atoms with Gasteiger partial charge in [-0.2, -0.15) is 4.39 Å². The largest absolute Gasteiger partial charge is 0.504 e. The molecule has 66 valence electrons.